The van der Waals surface area contributed by atoms with Crippen LogP contribution in [0.15, 0.2) is 0 Å². The highest BCUT2D eigenvalue weighted by atomic mass is 16.3. The van der Waals surface area contributed by atoms with Crippen molar-refractivity contribution in [3.63, 3.8) is 0 Å². The third-order valence-electron chi connectivity index (χ3n) is 9.83. The van der Waals surface area contributed by atoms with Crippen LogP contribution in [-0.4, -0.2) is 10.7 Å². The van der Waals surface area contributed by atoms with Crippen LogP contribution in [-0.2, 0) is 0 Å². The summed E-state index contributed by atoms with van der Waals surface area (Å²) in [6.45, 7) is 0. The van der Waals surface area contributed by atoms with E-state index in [-0.39, 0.29) is 5.60 Å². The van der Waals surface area contributed by atoms with Crippen molar-refractivity contribution in [1.29, 1.82) is 0 Å². The predicted molar refractivity (Wildman–Crippen MR) is 71.1 cm³/mol. The Kier molecular flexibility index (Phi) is 1.26. The van der Waals surface area contributed by atoms with Gasteiger partial charge >= 0.3 is 0 Å². The van der Waals surface area contributed by atoms with Crippen molar-refractivity contribution >= 4 is 0 Å². The summed E-state index contributed by atoms with van der Waals surface area (Å²) in [7, 11) is 0. The van der Waals surface area contributed by atoms with Crippen LogP contribution >= 0.6 is 0 Å². The molecule has 10 saturated carbocycles. The average molecular weight is 256 g/mol. The van der Waals surface area contributed by atoms with Crippen molar-refractivity contribution in [2.45, 2.75) is 50.5 Å². The molecular weight excluding hydrogens is 232 g/mol. The van der Waals surface area contributed by atoms with Crippen LogP contribution in [0.1, 0.15) is 44.9 Å². The number of hydrogen-bond acceptors (Lipinski definition) is 1. The molecule has 10 fully saturated rings. The van der Waals surface area contributed by atoms with Crippen LogP contribution in [0.3, 0.4) is 0 Å². The van der Waals surface area contributed by atoms with Gasteiger partial charge < -0.3 is 5.11 Å². The summed E-state index contributed by atoms with van der Waals surface area (Å²) >= 11 is 0. The highest BCUT2D eigenvalue weighted by Gasteiger charge is 2.80. The molecule has 10 rings (SSSR count). The van der Waals surface area contributed by atoms with E-state index in [0.717, 1.165) is 53.3 Å². The molecule has 10 aliphatic rings. The highest BCUT2D eigenvalue weighted by Crippen LogP contribution is 2.85. The van der Waals surface area contributed by atoms with E-state index in [2.05, 4.69) is 0 Å². The molecule has 10 aliphatic carbocycles. The predicted octanol–water partition coefficient (Wildman–Crippen LogP) is 3.08. The van der Waals surface area contributed by atoms with E-state index in [1.807, 2.05) is 0 Å². The molecule has 5 unspecified atom stereocenters. The summed E-state index contributed by atoms with van der Waals surface area (Å²) in [5.74, 6) is 9.51. The maximum absolute atomic E-state index is 11.1. The zero-order valence-electron chi connectivity index (χ0n) is 11.6. The van der Waals surface area contributed by atoms with Gasteiger partial charge in [-0.15, -0.1) is 0 Å². The number of aliphatic hydroxyl groups is 1. The molecule has 0 aliphatic heterocycles. The van der Waals surface area contributed by atoms with Crippen LogP contribution < -0.4 is 0 Å². The van der Waals surface area contributed by atoms with Gasteiger partial charge in [0.15, 0.2) is 0 Å². The fourth-order valence-corrected chi connectivity index (χ4v) is 10.0. The van der Waals surface area contributed by atoms with Crippen LogP contribution in [0.25, 0.3) is 0 Å². The van der Waals surface area contributed by atoms with Crippen LogP contribution in [0.4, 0.5) is 0 Å². The Hall–Kier alpha value is -0.0400. The second-order valence-corrected chi connectivity index (χ2v) is 9.78. The van der Waals surface area contributed by atoms with Gasteiger partial charge in [0, 0.05) is 0 Å². The third kappa shape index (κ3) is 0.753. The molecule has 0 heterocycles. The quantitative estimate of drug-likeness (QED) is 0.706. The van der Waals surface area contributed by atoms with E-state index in [0.29, 0.717) is 5.41 Å². The molecule has 1 nitrogen and oxygen atoms in total. The number of hydrogen-bond donors (Lipinski definition) is 1. The van der Waals surface area contributed by atoms with Crippen LogP contribution in [0.5, 0.6) is 0 Å². The van der Waals surface area contributed by atoms with Gasteiger partial charge in [-0.2, -0.15) is 0 Å². The van der Waals surface area contributed by atoms with Gasteiger partial charge in [-0.05, 0) is 104 Å². The van der Waals surface area contributed by atoms with Gasteiger partial charge in [0.2, 0.25) is 0 Å². The maximum Gasteiger partial charge on any atom is 0.0659 e. The van der Waals surface area contributed by atoms with E-state index >= 15 is 0 Å². The van der Waals surface area contributed by atoms with Crippen molar-refractivity contribution in [3.8, 4) is 0 Å². The molecule has 0 amide bonds. The topological polar surface area (TPSA) is 20.2 Å². The first-order chi connectivity index (χ1) is 9.20. The second-order valence-electron chi connectivity index (χ2n) is 9.78. The monoisotopic (exact) mass is 256 g/mol. The summed E-state index contributed by atoms with van der Waals surface area (Å²) < 4.78 is 0. The first kappa shape index (κ1) is 9.82. The lowest BCUT2D eigenvalue weighted by Gasteiger charge is -2.84. The lowest BCUT2D eigenvalue weighted by Crippen LogP contribution is -2.80. The van der Waals surface area contributed by atoms with E-state index in [1.165, 1.54) is 19.3 Å². The van der Waals surface area contributed by atoms with Crippen molar-refractivity contribution in [1.82, 2.24) is 0 Å². The molecule has 0 saturated heterocycles. The molecule has 19 heavy (non-hydrogen) atoms. The van der Waals surface area contributed by atoms with Gasteiger partial charge in [0.25, 0.3) is 0 Å². The molecule has 1 N–H and O–H groups in total. The SMILES string of the molecule is O[C@@]12C[C@@H]3C4CC5CC3[C@]3(C1)C1CC(C1)C5C3[C@H]4C2. The largest absolute Gasteiger partial charge is 0.390 e. The fourth-order valence-electron chi connectivity index (χ4n) is 10.0. The highest BCUT2D eigenvalue weighted by molar-refractivity contribution is 5.29. The molecule has 102 valence electrons. The van der Waals surface area contributed by atoms with Crippen molar-refractivity contribution in [2.24, 2.45) is 58.7 Å². The van der Waals surface area contributed by atoms with E-state index in [1.54, 1.807) is 25.7 Å². The first-order valence-corrected chi connectivity index (χ1v) is 8.92. The summed E-state index contributed by atoms with van der Waals surface area (Å²) in [6.07, 6.45) is 9.91. The maximum atomic E-state index is 11.1. The first-order valence-electron chi connectivity index (χ1n) is 8.92. The minimum Gasteiger partial charge on any atom is -0.390 e. The Bertz CT molecular complexity index is 508. The molecule has 0 aromatic rings. The Labute approximate surface area is 115 Å². The van der Waals surface area contributed by atoms with Crippen molar-refractivity contribution in [3.05, 3.63) is 0 Å². The zero-order chi connectivity index (χ0) is 12.1. The summed E-state index contributed by atoms with van der Waals surface area (Å²) in [6, 6.07) is 0. The minimum atomic E-state index is -0.212. The number of rotatable bonds is 0. The van der Waals surface area contributed by atoms with Gasteiger partial charge in [-0.25, -0.2) is 0 Å². The van der Waals surface area contributed by atoms with E-state index < -0.39 is 0 Å². The Balaban J connectivity index is 1.55. The van der Waals surface area contributed by atoms with E-state index in [9.17, 15) is 5.11 Å². The minimum absolute atomic E-state index is 0.212. The normalized spacial score (nSPS) is 80.4. The molecule has 11 bridgehead atoms. The zero-order valence-corrected chi connectivity index (χ0v) is 11.6. The van der Waals surface area contributed by atoms with Crippen LogP contribution in [0.2, 0.25) is 0 Å². The molecule has 1 spiro atoms. The molecule has 1 heteroatoms. The van der Waals surface area contributed by atoms with Gasteiger partial charge in [0.1, 0.15) is 0 Å². The third-order valence-corrected chi connectivity index (χ3v) is 9.83. The van der Waals surface area contributed by atoms with Crippen molar-refractivity contribution in [2.75, 3.05) is 0 Å². The summed E-state index contributed by atoms with van der Waals surface area (Å²) in [4.78, 5) is 0. The lowest BCUT2D eigenvalue weighted by atomic mass is 9.21. The molecular formula is C18H24O. The molecule has 0 aromatic heterocycles. The molecule has 0 radical (unpaired) electrons. The molecule has 0 aromatic carbocycles. The van der Waals surface area contributed by atoms with Gasteiger partial charge in [0.05, 0.1) is 5.60 Å². The van der Waals surface area contributed by atoms with Crippen molar-refractivity contribution < 1.29 is 5.11 Å². The average Bonchev–Trinajstić information content (AvgIpc) is 2.32. The summed E-state index contributed by atoms with van der Waals surface area (Å²) in [5.41, 5.74) is 0.448. The standard InChI is InChI=1S/C18H24O/c19-17-5-12-11-3-9-4-14(12)18(7-17)10-1-8(2-10)15(9)16(18)13(11)6-17/h8-16,19H,1-7H2/t8?,9?,10?,11?,12-,13+,14?,15?,16?,17-,18+/m1/s1. The summed E-state index contributed by atoms with van der Waals surface area (Å²) in [5, 5.41) is 11.1. The Morgan fingerprint density at radius 3 is 2.53 bits per heavy atom. The van der Waals surface area contributed by atoms with Gasteiger partial charge in [-0.3, -0.25) is 0 Å². The Morgan fingerprint density at radius 1 is 0.842 bits per heavy atom. The smallest absolute Gasteiger partial charge is 0.0659 e. The lowest BCUT2D eigenvalue weighted by molar-refractivity contribution is -0.376. The molecule has 9 atom stereocenters. The Morgan fingerprint density at radius 2 is 1.63 bits per heavy atom. The van der Waals surface area contributed by atoms with Gasteiger partial charge in [-0.1, -0.05) is 0 Å². The van der Waals surface area contributed by atoms with Crippen LogP contribution in [0, 0.1) is 58.7 Å². The fraction of sp³-hybridized carbons (Fsp3) is 1.00. The van der Waals surface area contributed by atoms with E-state index in [4.69, 9.17) is 0 Å². The second kappa shape index (κ2) is 2.45.